The number of hydrogen-bond donors (Lipinski definition) is 3. The summed E-state index contributed by atoms with van der Waals surface area (Å²) in [5.74, 6) is -0.569. The van der Waals surface area contributed by atoms with Crippen LogP contribution in [0.3, 0.4) is 0 Å². The second-order valence-electron chi connectivity index (χ2n) is 6.74. The molecule has 0 bridgehead atoms. The van der Waals surface area contributed by atoms with Crippen molar-refractivity contribution >= 4 is 17.7 Å². The Morgan fingerprint density at radius 1 is 1.09 bits per heavy atom. The number of anilines is 1. The van der Waals surface area contributed by atoms with E-state index < -0.39 is 24.3 Å². The van der Waals surface area contributed by atoms with Crippen molar-refractivity contribution in [2.45, 2.75) is 32.0 Å². The molecule has 0 aliphatic carbocycles. The van der Waals surface area contributed by atoms with Gasteiger partial charge in [0.1, 0.15) is 12.4 Å². The fourth-order valence-corrected chi connectivity index (χ4v) is 3.11. The molecule has 0 aliphatic heterocycles. The number of allylic oxidation sites excluding steroid dienone is 1. The molecule has 8 heteroatoms. The minimum Gasteiger partial charge on any atom is -0.491 e. The smallest absolute Gasteiger partial charge is 0.412 e. The Bertz CT molecular complexity index is 870. The molecule has 2 aromatic rings. The number of aliphatic hydroxyl groups is 1. The molecular formula is C24H29NO7. The molecule has 8 nitrogen and oxygen atoms in total. The van der Waals surface area contributed by atoms with Crippen molar-refractivity contribution in [3.05, 3.63) is 72.3 Å². The predicted molar refractivity (Wildman–Crippen MR) is 120 cm³/mol. The maximum absolute atomic E-state index is 12.7. The monoisotopic (exact) mass is 443 g/mol. The topological polar surface area (TPSA) is 114 Å². The van der Waals surface area contributed by atoms with E-state index in [2.05, 4.69) is 5.32 Å². The molecule has 0 fully saturated rings. The number of rotatable bonds is 13. The van der Waals surface area contributed by atoms with Gasteiger partial charge in [-0.25, -0.2) is 9.59 Å². The molecule has 2 rings (SSSR count). The Hall–Kier alpha value is -3.36. The number of aliphatic hydroxyl groups excluding tert-OH is 1. The first kappa shape index (κ1) is 24.9. The lowest BCUT2D eigenvalue weighted by Gasteiger charge is -2.28. The van der Waals surface area contributed by atoms with E-state index >= 15 is 0 Å². The largest absolute Gasteiger partial charge is 0.491 e. The van der Waals surface area contributed by atoms with Gasteiger partial charge in [0.25, 0.3) is 0 Å². The quantitative estimate of drug-likeness (QED) is 0.398. The van der Waals surface area contributed by atoms with Crippen LogP contribution in [-0.4, -0.2) is 48.2 Å². The average Bonchev–Trinajstić information content (AvgIpc) is 2.79. The van der Waals surface area contributed by atoms with Gasteiger partial charge in [-0.3, -0.25) is 5.32 Å². The second-order valence-corrected chi connectivity index (χ2v) is 6.74. The maximum atomic E-state index is 12.7. The lowest BCUT2D eigenvalue weighted by Crippen LogP contribution is -2.29. The highest BCUT2D eigenvalue weighted by Gasteiger charge is 2.30. The number of carbonyl (C=O) groups excluding carboxylic acids is 1. The van der Waals surface area contributed by atoms with Crippen molar-refractivity contribution in [1.29, 1.82) is 0 Å². The van der Waals surface area contributed by atoms with E-state index in [0.29, 0.717) is 36.4 Å². The molecule has 0 saturated carbocycles. The summed E-state index contributed by atoms with van der Waals surface area (Å²) in [5.41, 5.74) is 1.17. The minimum atomic E-state index is -1.03. The van der Waals surface area contributed by atoms with Gasteiger partial charge in [-0.1, -0.05) is 42.5 Å². The third-order valence-corrected chi connectivity index (χ3v) is 4.43. The SMILES string of the molecule is CCO[C@@H](CC/C=C/C(=O)O)[C@@H](OC(=O)Nc1ccccc1)c1ccccc1OCCO. The molecular weight excluding hydrogens is 414 g/mol. The predicted octanol–water partition coefficient (Wildman–Crippen LogP) is 4.17. The number of para-hydroxylation sites is 2. The zero-order chi connectivity index (χ0) is 23.2. The third kappa shape index (κ3) is 8.41. The summed E-state index contributed by atoms with van der Waals surface area (Å²) in [4.78, 5) is 23.4. The Labute approximate surface area is 187 Å². The van der Waals surface area contributed by atoms with E-state index in [1.165, 1.54) is 6.08 Å². The first-order valence-electron chi connectivity index (χ1n) is 10.4. The summed E-state index contributed by atoms with van der Waals surface area (Å²) in [6.45, 7) is 2.12. The van der Waals surface area contributed by atoms with Gasteiger partial charge in [0, 0.05) is 23.9 Å². The summed E-state index contributed by atoms with van der Waals surface area (Å²) in [6.07, 6.45) is 1.38. The van der Waals surface area contributed by atoms with Crippen molar-refractivity contribution < 1.29 is 34.0 Å². The average molecular weight is 443 g/mol. The first-order valence-corrected chi connectivity index (χ1v) is 10.4. The van der Waals surface area contributed by atoms with Crippen molar-refractivity contribution in [2.75, 3.05) is 25.1 Å². The molecule has 0 unspecified atom stereocenters. The number of carboxylic acid groups (broad SMARTS) is 1. The van der Waals surface area contributed by atoms with Gasteiger partial charge >= 0.3 is 12.1 Å². The summed E-state index contributed by atoms with van der Waals surface area (Å²) < 4.78 is 17.3. The molecule has 0 aliphatic rings. The van der Waals surface area contributed by atoms with Crippen molar-refractivity contribution in [2.24, 2.45) is 0 Å². The van der Waals surface area contributed by atoms with Gasteiger partial charge in [-0.05, 0) is 38.0 Å². The van der Waals surface area contributed by atoms with Crippen LogP contribution >= 0.6 is 0 Å². The van der Waals surface area contributed by atoms with Crippen LogP contribution in [0.1, 0.15) is 31.4 Å². The Morgan fingerprint density at radius 2 is 1.81 bits per heavy atom. The number of carboxylic acids is 1. The highest BCUT2D eigenvalue weighted by atomic mass is 16.6. The number of hydrogen-bond acceptors (Lipinski definition) is 6. The van der Waals surface area contributed by atoms with Crippen LogP contribution in [-0.2, 0) is 14.3 Å². The van der Waals surface area contributed by atoms with Gasteiger partial charge in [0.05, 0.1) is 12.7 Å². The van der Waals surface area contributed by atoms with Crippen LogP contribution < -0.4 is 10.1 Å². The second kappa shape index (κ2) is 13.8. The van der Waals surface area contributed by atoms with Crippen LogP contribution in [0.2, 0.25) is 0 Å². The van der Waals surface area contributed by atoms with Crippen LogP contribution in [0.25, 0.3) is 0 Å². The number of ether oxygens (including phenoxy) is 3. The van der Waals surface area contributed by atoms with E-state index in [1.54, 1.807) is 48.5 Å². The van der Waals surface area contributed by atoms with Crippen LogP contribution in [0, 0.1) is 0 Å². The Balaban J connectivity index is 2.29. The van der Waals surface area contributed by atoms with Gasteiger partial charge in [0.15, 0.2) is 6.10 Å². The van der Waals surface area contributed by atoms with E-state index in [0.717, 1.165) is 6.08 Å². The van der Waals surface area contributed by atoms with Crippen LogP contribution in [0.15, 0.2) is 66.7 Å². The fourth-order valence-electron chi connectivity index (χ4n) is 3.11. The van der Waals surface area contributed by atoms with Crippen molar-refractivity contribution in [3.63, 3.8) is 0 Å². The molecule has 0 heterocycles. The number of nitrogens with one attached hydrogen (secondary N) is 1. The van der Waals surface area contributed by atoms with Crippen LogP contribution in [0.4, 0.5) is 10.5 Å². The molecule has 172 valence electrons. The zero-order valence-corrected chi connectivity index (χ0v) is 18.0. The molecule has 0 radical (unpaired) electrons. The van der Waals surface area contributed by atoms with Gasteiger partial charge in [-0.15, -0.1) is 0 Å². The fraction of sp³-hybridized carbons (Fsp3) is 0.333. The van der Waals surface area contributed by atoms with Crippen LogP contribution in [0.5, 0.6) is 5.75 Å². The molecule has 0 spiro atoms. The summed E-state index contributed by atoms with van der Waals surface area (Å²) in [5, 5.41) is 20.7. The first-order chi connectivity index (χ1) is 15.5. The lowest BCUT2D eigenvalue weighted by molar-refractivity contribution is -0.131. The molecule has 3 N–H and O–H groups in total. The molecule has 2 aromatic carbocycles. The highest BCUT2D eigenvalue weighted by Crippen LogP contribution is 2.34. The summed E-state index contributed by atoms with van der Waals surface area (Å²) in [7, 11) is 0. The van der Waals surface area contributed by atoms with Gasteiger partial charge in [0.2, 0.25) is 0 Å². The zero-order valence-electron chi connectivity index (χ0n) is 18.0. The number of amides is 1. The molecule has 32 heavy (non-hydrogen) atoms. The Morgan fingerprint density at radius 3 is 2.50 bits per heavy atom. The molecule has 1 amide bonds. The number of carbonyl (C=O) groups is 2. The van der Waals surface area contributed by atoms with Gasteiger partial charge < -0.3 is 24.4 Å². The van der Waals surface area contributed by atoms with E-state index in [4.69, 9.17) is 24.4 Å². The lowest BCUT2D eigenvalue weighted by atomic mass is 9.99. The normalized spacial score (nSPS) is 12.8. The maximum Gasteiger partial charge on any atom is 0.412 e. The van der Waals surface area contributed by atoms with E-state index in [9.17, 15) is 9.59 Å². The standard InChI is InChI=1S/C24H29NO7/c1-2-30-21(14-8-9-15-22(27)28)23(19-12-6-7-13-20(19)31-17-16-26)32-24(29)25-18-10-4-3-5-11-18/h3-7,9-13,15,21,23,26H,2,8,14,16-17H2,1H3,(H,25,29)(H,27,28)/b15-9+/t21-,23-/m0/s1. The third-order valence-electron chi connectivity index (χ3n) is 4.43. The van der Waals surface area contributed by atoms with E-state index in [1.807, 2.05) is 13.0 Å². The summed E-state index contributed by atoms with van der Waals surface area (Å²) in [6, 6.07) is 16.0. The number of aliphatic carboxylic acids is 1. The summed E-state index contributed by atoms with van der Waals surface area (Å²) >= 11 is 0. The molecule has 0 aromatic heterocycles. The van der Waals surface area contributed by atoms with E-state index in [-0.39, 0.29) is 13.2 Å². The number of benzene rings is 2. The van der Waals surface area contributed by atoms with Crippen molar-refractivity contribution in [3.8, 4) is 5.75 Å². The Kier molecular flexibility index (Phi) is 10.8. The van der Waals surface area contributed by atoms with Gasteiger partial charge in [-0.2, -0.15) is 0 Å². The van der Waals surface area contributed by atoms with Crippen molar-refractivity contribution in [1.82, 2.24) is 0 Å². The highest BCUT2D eigenvalue weighted by molar-refractivity contribution is 5.84. The molecule has 0 saturated heterocycles. The minimum absolute atomic E-state index is 0.0839. The molecule has 2 atom stereocenters.